The zero-order chi connectivity index (χ0) is 101. The monoisotopic (exact) mass is 2500 g/mol. The molecule has 0 saturated heterocycles. The average molecular weight is 2500 g/mol. The molecule has 2 nitrogen and oxygen atoms in total. The van der Waals surface area contributed by atoms with Crippen molar-refractivity contribution >= 4 is 370 Å². The fraction of sp³-hybridized carbons (Fsp3) is 0.396. The van der Waals surface area contributed by atoms with Gasteiger partial charge in [0, 0.05) is 147 Å². The van der Waals surface area contributed by atoms with Gasteiger partial charge in [0.05, 0.1) is 0 Å². The van der Waals surface area contributed by atoms with Crippen LogP contribution in [0.15, 0.2) is 250 Å². The molecule has 0 spiro atoms. The second kappa shape index (κ2) is 83.9. The summed E-state index contributed by atoms with van der Waals surface area (Å²) in [6, 6.07) is 68.8. The smallest absolute Gasteiger partial charge is 0.0361 e. The molecule has 0 aliphatic rings. The summed E-state index contributed by atoms with van der Waals surface area (Å²) in [5, 5.41) is 3.59. The van der Waals surface area contributed by atoms with Crippen LogP contribution in [0.3, 0.4) is 0 Å². The van der Waals surface area contributed by atoms with Gasteiger partial charge in [0.25, 0.3) is 0 Å². The Hall–Kier alpha value is 0.274. The third kappa shape index (κ3) is 60.9. The molecule has 0 radical (unpaired) electrons. The number of hydrogen-bond donors (Lipinski definition) is 0. The normalized spacial score (nSPS) is 12.3. The van der Waals surface area contributed by atoms with Crippen molar-refractivity contribution in [2.45, 2.75) is 217 Å². The SMILES string of the molecule is CC(C)CSC([S-])=C([S-])SCC(C)C.CC(C)SC([S-])=C([S-])SC(C)C.CCC(CC)SC([S-])=C([S-])SC(CC)CC.CCC(CC)SC([S-])=C([S-])SC(CC)CC.CN(C)c1ccc(C([S-])=C([S-])c2ccc(N(C)C)cc2)cc1.CSc1ccc(C([S-])=C([S-])c2ccc(SC)cc2)cc1.Cc1cccc(C([S-])=C([S-])c2cccc(C)c2)c1.[Ni].[Ni].[Ni].[Ni].[S-]C(=C([S-])c1ccccc1)c1ccccc1. The van der Waals surface area contributed by atoms with Gasteiger partial charge in [-0.05, 0) is 194 Å². The molecule has 0 aliphatic heterocycles. The minimum atomic E-state index is 0. The number of aryl methyl sites for hydroxylation is 2. The van der Waals surface area contributed by atoms with E-state index in [4.69, 9.17) is 202 Å². The van der Waals surface area contributed by atoms with E-state index in [0.717, 1.165) is 141 Å². The third-order valence-corrected chi connectivity index (χ3v) is 40.4. The number of nitrogens with zero attached hydrogens (tertiary/aromatic N) is 2. The molecule has 0 aliphatic carbocycles. The molecule has 138 heavy (non-hydrogen) atoms. The van der Waals surface area contributed by atoms with Crippen LogP contribution in [0.25, 0.3) is 39.2 Å². The summed E-state index contributed by atoms with van der Waals surface area (Å²) >= 11 is 104. The van der Waals surface area contributed by atoms with Crippen molar-refractivity contribution < 1.29 is 66.0 Å². The molecule has 0 heterocycles. The van der Waals surface area contributed by atoms with Crippen molar-refractivity contribution in [3.63, 3.8) is 0 Å². The third-order valence-electron chi connectivity index (χ3n) is 18.6. The molecule has 8 rings (SSSR count). The fourth-order valence-corrected chi connectivity index (χ4v) is 24.5. The van der Waals surface area contributed by atoms with Gasteiger partial charge >= 0.3 is 0 Å². The maximum absolute atomic E-state index is 5.55. The minimum absolute atomic E-state index is 0. The van der Waals surface area contributed by atoms with Gasteiger partial charge in [0.15, 0.2) is 0 Å². The number of benzene rings is 8. The second-order valence-corrected chi connectivity index (χ2v) is 52.5. The molecule has 0 bridgehead atoms. The topological polar surface area (TPSA) is 6.48 Å². The van der Waals surface area contributed by atoms with Crippen molar-refractivity contribution in [1.82, 2.24) is 0 Å². The van der Waals surface area contributed by atoms with Crippen LogP contribution in [-0.2, 0) is 268 Å². The quantitative estimate of drug-likeness (QED) is 0.0157. The first-order valence-corrected chi connectivity index (χ1v) is 60.7. The van der Waals surface area contributed by atoms with Gasteiger partial charge in [0.2, 0.25) is 0 Å². The van der Waals surface area contributed by atoms with Crippen LogP contribution in [-0.4, -0.2) is 83.7 Å². The zero-order valence-corrected chi connectivity index (χ0v) is 108. The molecule has 0 aromatic heterocycles. The molecular formula is C106H134N2Ni4S26-16. The van der Waals surface area contributed by atoms with E-state index < -0.39 is 0 Å². The van der Waals surface area contributed by atoms with Crippen molar-refractivity contribution in [2.24, 2.45) is 11.8 Å². The number of hydrogen-bond acceptors (Lipinski definition) is 28. The van der Waals surface area contributed by atoms with E-state index in [1.54, 1.807) is 118 Å². The van der Waals surface area contributed by atoms with E-state index in [-0.39, 0.29) is 66.0 Å². The zero-order valence-electron chi connectivity index (χ0n) is 83.1. The van der Waals surface area contributed by atoms with E-state index in [1.807, 2.05) is 162 Å². The first-order chi connectivity index (χ1) is 63.4. The molecule has 0 saturated carbocycles. The first kappa shape index (κ1) is 145. The van der Waals surface area contributed by atoms with Crippen LogP contribution in [0.4, 0.5) is 11.4 Å². The Bertz CT molecular complexity index is 4530. The second-order valence-electron chi connectivity index (χ2n) is 31.7. The van der Waals surface area contributed by atoms with E-state index in [9.17, 15) is 0 Å². The van der Waals surface area contributed by atoms with Gasteiger partial charge < -0.3 is 212 Å². The van der Waals surface area contributed by atoms with Crippen LogP contribution in [0.2, 0.25) is 0 Å². The summed E-state index contributed by atoms with van der Waals surface area (Å²) < 4.78 is 7.28. The van der Waals surface area contributed by atoms with Crippen molar-refractivity contribution in [3.05, 3.63) is 296 Å². The van der Waals surface area contributed by atoms with Gasteiger partial charge in [-0.15, -0.1) is 23.5 Å². The van der Waals surface area contributed by atoms with Gasteiger partial charge in [-0.25, -0.2) is 0 Å². The first-order valence-electron chi connectivity index (χ1n) is 44.5. The van der Waals surface area contributed by atoms with E-state index in [0.29, 0.717) is 43.3 Å². The molecular weight excluding hydrogens is 2370 g/mol. The number of anilines is 2. The van der Waals surface area contributed by atoms with Crippen LogP contribution < -0.4 is 9.80 Å². The Morgan fingerprint density at radius 3 is 0.630 bits per heavy atom. The van der Waals surface area contributed by atoms with Crippen molar-refractivity contribution in [2.75, 3.05) is 62.0 Å². The van der Waals surface area contributed by atoms with Gasteiger partial charge in [0.1, 0.15) is 0 Å². The Balaban J connectivity index is -0.000000745. The Kier molecular flexibility index (Phi) is 87.9. The van der Waals surface area contributed by atoms with Crippen LogP contribution >= 0.6 is 118 Å². The van der Waals surface area contributed by atoms with Crippen molar-refractivity contribution in [1.29, 1.82) is 0 Å². The molecule has 0 amide bonds. The largest absolute Gasteiger partial charge is 0.781 e. The van der Waals surface area contributed by atoms with Crippen LogP contribution in [0.5, 0.6) is 0 Å². The molecule has 32 heteroatoms. The minimum Gasteiger partial charge on any atom is -0.781 e. The van der Waals surface area contributed by atoms with Crippen LogP contribution in [0, 0.1) is 25.7 Å². The molecule has 0 fully saturated rings. The maximum atomic E-state index is 5.55. The fourth-order valence-electron chi connectivity index (χ4n) is 10.9. The van der Waals surface area contributed by atoms with E-state index in [1.165, 1.54) is 72.3 Å². The summed E-state index contributed by atoms with van der Waals surface area (Å²) in [7, 11) is 8.07. The summed E-state index contributed by atoms with van der Waals surface area (Å²) in [5.74, 6) is 3.49. The van der Waals surface area contributed by atoms with Gasteiger partial charge in [-0.1, -0.05) is 280 Å². The predicted octanol–water partition coefficient (Wildman–Crippen LogP) is 34.2. The molecule has 780 valence electrons. The predicted molar refractivity (Wildman–Crippen MR) is 674 cm³/mol. The Morgan fingerprint density at radius 1 is 0.246 bits per heavy atom. The molecule has 8 aromatic carbocycles. The molecule has 0 N–H and O–H groups in total. The average Bonchev–Trinajstić information content (AvgIpc) is 0.858. The Morgan fingerprint density at radius 2 is 0.442 bits per heavy atom. The van der Waals surface area contributed by atoms with E-state index >= 15 is 0 Å². The van der Waals surface area contributed by atoms with E-state index in [2.05, 4.69) is 220 Å². The molecule has 8 aromatic rings. The summed E-state index contributed by atoms with van der Waals surface area (Å²) in [6.07, 6.45) is 13.5. The van der Waals surface area contributed by atoms with Gasteiger partial charge in [-0.2, -0.15) is 167 Å². The maximum Gasteiger partial charge on any atom is 0.0361 e. The summed E-state index contributed by atoms with van der Waals surface area (Å²) in [4.78, 5) is 12.5. The van der Waals surface area contributed by atoms with Gasteiger partial charge in [-0.3, -0.25) is 0 Å². The summed E-state index contributed by atoms with van der Waals surface area (Å²) in [5.41, 5.74) is 12.7. The number of thioether (sulfide) groups is 10. The van der Waals surface area contributed by atoms with Crippen LogP contribution in [0.1, 0.15) is 218 Å². The standard InChI is InChI=1S/C18H22N2S2.C16H16S4.C16H16S2.C14H12S2.2C12H24S4.C10H20S4.C8H16S4.4Ni/c1-19(2)15-9-5-13(6-10-15)17(21)18(22)14-7-11-16(12-8-14)20(3)4;1-19-13-7-3-11(4-8-13)15(17)16(18)12-5-9-14(20-2)10-6-12;1-11-5-3-7-13(9-11)15(17)16(18)14-8-4-6-12(2)10-14;15-13(11-7-3-1-4-8-11)14(16)12-9-5-2-6-10-12;2*1-5-9(6-2)15-11(13)12(14)16-10(7-3)8-4;1-7(2)5-13-9(11)10(12)14-6-8(3)4;1-5(2)11-7(9)8(10)12-6(3)4;;;;/h5-12,21-22H,1-4H3;3-10,17-18H,1-2H3;3-10,17-18H,1-2H3;1-10,15-16H;2*9-10,13-14H,5-8H2,1-4H3;7-8,11-12H,5-6H2,1-4H3;5-6,9-10H,1-4H3;;;;/p-16. The summed E-state index contributed by atoms with van der Waals surface area (Å²) in [6.45, 7) is 39.1. The molecule has 0 unspecified atom stereocenters. The van der Waals surface area contributed by atoms with Crippen molar-refractivity contribution in [3.8, 4) is 0 Å². The Labute approximate surface area is 1010 Å². The number of rotatable bonds is 38. The molecule has 0 atom stereocenters.